The van der Waals surface area contributed by atoms with Crippen LogP contribution in [0.15, 0.2) is 109 Å². The molecule has 0 aromatic rings. The van der Waals surface area contributed by atoms with Crippen LogP contribution in [0.2, 0.25) is 0 Å². The molecule has 78 heavy (non-hydrogen) atoms. The lowest BCUT2D eigenvalue weighted by atomic mass is 10.1. The normalized spacial score (nSPS) is 12.8. The number of unbranched alkanes of at least 4 members (excludes halogenated alkanes) is 30. The average molecular weight is 1080 g/mol. The molecule has 0 radical (unpaired) electrons. The number of carbonyl (C=O) groups excluding carboxylic acids is 3. The van der Waals surface area contributed by atoms with Gasteiger partial charge in [0.2, 0.25) is 0 Å². The molecule has 0 rings (SSSR count). The van der Waals surface area contributed by atoms with Gasteiger partial charge in [0.15, 0.2) is 6.10 Å². The van der Waals surface area contributed by atoms with Crippen LogP contribution >= 0.6 is 0 Å². The van der Waals surface area contributed by atoms with Gasteiger partial charge in [0, 0.05) is 19.3 Å². The van der Waals surface area contributed by atoms with E-state index in [1.54, 1.807) is 0 Å². The summed E-state index contributed by atoms with van der Waals surface area (Å²) in [6.45, 7) is 6.42. The fourth-order valence-electron chi connectivity index (χ4n) is 9.13. The SMILES string of the molecule is CC/C=C\C/C=C\C/C=C\C/C=C\CCCCCCCCCCCCC(=O)OCC(COC(=O)CCCCCCC/C=C\CCCCCCCCC)OC(=O)CCCCCCCCCC/C=C\C/C=C\C/C=C\C/C=C\CC. The molecule has 0 N–H and O–H groups in total. The summed E-state index contributed by atoms with van der Waals surface area (Å²) in [5.41, 5.74) is 0. The second kappa shape index (κ2) is 65.6. The van der Waals surface area contributed by atoms with Gasteiger partial charge in [-0.25, -0.2) is 0 Å². The molecule has 0 saturated carbocycles. The van der Waals surface area contributed by atoms with Gasteiger partial charge in [-0.1, -0.05) is 278 Å². The lowest BCUT2D eigenvalue weighted by Gasteiger charge is -2.18. The lowest BCUT2D eigenvalue weighted by molar-refractivity contribution is -0.167. The zero-order valence-corrected chi connectivity index (χ0v) is 51.2. The van der Waals surface area contributed by atoms with E-state index in [1.165, 1.54) is 148 Å². The third kappa shape index (κ3) is 62.9. The third-order valence-electron chi connectivity index (χ3n) is 14.0. The molecular weight excluding hydrogens is 961 g/mol. The van der Waals surface area contributed by atoms with Crippen LogP contribution in [0.4, 0.5) is 0 Å². The second-order valence-electron chi connectivity index (χ2n) is 21.6. The highest BCUT2D eigenvalue weighted by atomic mass is 16.6. The molecule has 0 aliphatic carbocycles. The first-order valence-electron chi connectivity index (χ1n) is 32.9. The summed E-state index contributed by atoms with van der Waals surface area (Å²) in [5, 5.41) is 0. The van der Waals surface area contributed by atoms with Crippen LogP contribution in [0.5, 0.6) is 0 Å². The first-order valence-corrected chi connectivity index (χ1v) is 32.9. The summed E-state index contributed by atoms with van der Waals surface area (Å²) in [6.07, 6.45) is 89.5. The summed E-state index contributed by atoms with van der Waals surface area (Å²) in [4.78, 5) is 38.4. The van der Waals surface area contributed by atoms with Gasteiger partial charge in [0.25, 0.3) is 0 Å². The zero-order chi connectivity index (χ0) is 56.4. The topological polar surface area (TPSA) is 78.9 Å². The van der Waals surface area contributed by atoms with Crippen LogP contribution in [-0.2, 0) is 28.6 Å². The molecule has 1 atom stereocenters. The number of allylic oxidation sites excluding steroid dienone is 18. The monoisotopic (exact) mass is 1080 g/mol. The summed E-state index contributed by atoms with van der Waals surface area (Å²) < 4.78 is 17.0. The highest BCUT2D eigenvalue weighted by Crippen LogP contribution is 2.16. The number of ether oxygens (including phenoxy) is 3. The van der Waals surface area contributed by atoms with Crippen LogP contribution in [0.3, 0.4) is 0 Å². The molecule has 0 heterocycles. The molecule has 0 bridgehead atoms. The van der Waals surface area contributed by atoms with Gasteiger partial charge >= 0.3 is 17.9 Å². The standard InChI is InChI=1S/C72H122O6/c1-4-7-10-13-16-19-22-25-28-31-33-35-36-38-39-41-44-47-50-53-56-59-62-65-71(74)77-68-69(67-76-70(73)64-61-58-55-52-49-46-43-30-27-24-21-18-15-12-9-6-3)78-72(75)66-63-60-57-54-51-48-45-42-40-37-34-32-29-26-23-20-17-14-11-8-5-2/h7-8,10-11,16-17,19-20,25-26,28-30,33-35,37,43,69H,4-6,9,12-15,18,21-24,27,31-32,36,38-42,44-68H2,1-3H3/b10-7-,11-8-,19-16-,20-17-,28-25-,29-26-,35-33-,37-34-,43-30-. The molecule has 0 fully saturated rings. The van der Waals surface area contributed by atoms with E-state index in [2.05, 4.69) is 130 Å². The minimum atomic E-state index is -0.791. The number of carbonyl (C=O) groups is 3. The fourth-order valence-corrected chi connectivity index (χ4v) is 9.13. The summed E-state index contributed by atoms with van der Waals surface area (Å²) >= 11 is 0. The predicted molar refractivity (Wildman–Crippen MR) is 339 cm³/mol. The Morgan fingerprint density at radius 2 is 0.500 bits per heavy atom. The van der Waals surface area contributed by atoms with E-state index < -0.39 is 6.10 Å². The summed E-state index contributed by atoms with van der Waals surface area (Å²) in [6, 6.07) is 0. The number of esters is 3. The maximum Gasteiger partial charge on any atom is 0.306 e. The molecule has 0 aromatic heterocycles. The van der Waals surface area contributed by atoms with E-state index in [0.717, 1.165) is 122 Å². The van der Waals surface area contributed by atoms with Crippen LogP contribution in [0.25, 0.3) is 0 Å². The third-order valence-corrected chi connectivity index (χ3v) is 14.0. The summed E-state index contributed by atoms with van der Waals surface area (Å²) in [7, 11) is 0. The highest BCUT2D eigenvalue weighted by Gasteiger charge is 2.19. The van der Waals surface area contributed by atoms with E-state index in [-0.39, 0.29) is 31.1 Å². The Morgan fingerprint density at radius 3 is 0.795 bits per heavy atom. The quantitative estimate of drug-likeness (QED) is 0.0261. The van der Waals surface area contributed by atoms with E-state index in [4.69, 9.17) is 14.2 Å². The molecule has 446 valence electrons. The van der Waals surface area contributed by atoms with Gasteiger partial charge in [-0.3, -0.25) is 14.4 Å². The van der Waals surface area contributed by atoms with Crippen LogP contribution in [0.1, 0.15) is 310 Å². The van der Waals surface area contributed by atoms with Crippen molar-refractivity contribution in [2.75, 3.05) is 13.2 Å². The van der Waals surface area contributed by atoms with Gasteiger partial charge in [-0.15, -0.1) is 0 Å². The van der Waals surface area contributed by atoms with Crippen molar-refractivity contribution in [2.24, 2.45) is 0 Å². The van der Waals surface area contributed by atoms with Crippen molar-refractivity contribution < 1.29 is 28.6 Å². The number of hydrogen-bond acceptors (Lipinski definition) is 6. The van der Waals surface area contributed by atoms with Gasteiger partial charge in [-0.2, -0.15) is 0 Å². The van der Waals surface area contributed by atoms with Crippen molar-refractivity contribution in [2.45, 2.75) is 316 Å². The largest absolute Gasteiger partial charge is 0.462 e. The van der Waals surface area contributed by atoms with Crippen molar-refractivity contribution in [3.63, 3.8) is 0 Å². The smallest absolute Gasteiger partial charge is 0.306 e. The Labute approximate surface area is 482 Å². The van der Waals surface area contributed by atoms with Crippen molar-refractivity contribution in [1.29, 1.82) is 0 Å². The summed E-state index contributed by atoms with van der Waals surface area (Å²) in [5.74, 6) is -0.897. The molecule has 0 spiro atoms. The van der Waals surface area contributed by atoms with E-state index in [0.29, 0.717) is 19.3 Å². The van der Waals surface area contributed by atoms with Crippen molar-refractivity contribution in [1.82, 2.24) is 0 Å². The van der Waals surface area contributed by atoms with Gasteiger partial charge in [0.05, 0.1) is 0 Å². The number of rotatable bonds is 59. The van der Waals surface area contributed by atoms with Gasteiger partial charge in [0.1, 0.15) is 13.2 Å². The molecule has 0 saturated heterocycles. The second-order valence-corrected chi connectivity index (χ2v) is 21.6. The number of hydrogen-bond donors (Lipinski definition) is 0. The molecule has 0 aliphatic rings. The zero-order valence-electron chi connectivity index (χ0n) is 51.2. The molecule has 6 nitrogen and oxygen atoms in total. The Kier molecular flexibility index (Phi) is 62.3. The Bertz CT molecular complexity index is 1570. The van der Waals surface area contributed by atoms with Gasteiger partial charge in [-0.05, 0) is 122 Å². The first-order chi connectivity index (χ1) is 38.5. The maximum absolute atomic E-state index is 12.9. The molecule has 1 unspecified atom stereocenters. The van der Waals surface area contributed by atoms with Gasteiger partial charge < -0.3 is 14.2 Å². The minimum absolute atomic E-state index is 0.0862. The van der Waals surface area contributed by atoms with Crippen molar-refractivity contribution in [3.8, 4) is 0 Å². The minimum Gasteiger partial charge on any atom is -0.462 e. The van der Waals surface area contributed by atoms with Crippen LogP contribution < -0.4 is 0 Å². The molecule has 6 heteroatoms. The van der Waals surface area contributed by atoms with E-state index in [9.17, 15) is 14.4 Å². The predicted octanol–water partition coefficient (Wildman–Crippen LogP) is 22.6. The van der Waals surface area contributed by atoms with E-state index >= 15 is 0 Å². The Hall–Kier alpha value is -3.93. The fraction of sp³-hybridized carbons (Fsp3) is 0.708. The van der Waals surface area contributed by atoms with E-state index in [1.807, 2.05) is 0 Å². The lowest BCUT2D eigenvalue weighted by Crippen LogP contribution is -2.30. The Morgan fingerprint density at radius 1 is 0.269 bits per heavy atom. The van der Waals surface area contributed by atoms with Crippen molar-refractivity contribution >= 4 is 17.9 Å². The maximum atomic E-state index is 12.9. The van der Waals surface area contributed by atoms with Crippen LogP contribution in [0, 0.1) is 0 Å². The molecular formula is C72H122O6. The molecule has 0 aromatic carbocycles. The average Bonchev–Trinajstić information content (AvgIpc) is 3.44. The molecule has 0 aliphatic heterocycles. The van der Waals surface area contributed by atoms with Crippen LogP contribution in [-0.4, -0.2) is 37.2 Å². The van der Waals surface area contributed by atoms with Crippen molar-refractivity contribution in [3.05, 3.63) is 109 Å². The first kappa shape index (κ1) is 74.1. The Balaban J connectivity index is 4.40. The highest BCUT2D eigenvalue weighted by molar-refractivity contribution is 5.71. The molecule has 0 amide bonds.